The van der Waals surface area contributed by atoms with Gasteiger partial charge < -0.3 is 0 Å². The predicted octanol–water partition coefficient (Wildman–Crippen LogP) is 11.3. The van der Waals surface area contributed by atoms with E-state index in [-0.39, 0.29) is 0 Å². The molecule has 0 aromatic heterocycles. The van der Waals surface area contributed by atoms with Crippen molar-refractivity contribution in [2.45, 2.75) is 168 Å². The van der Waals surface area contributed by atoms with Crippen molar-refractivity contribution in [1.82, 2.24) is 5.09 Å². The second-order valence-corrected chi connectivity index (χ2v) is 14.6. The van der Waals surface area contributed by atoms with Gasteiger partial charge in [-0.3, -0.25) is 5.09 Å². The van der Waals surface area contributed by atoms with Crippen molar-refractivity contribution < 1.29 is 0 Å². The van der Waals surface area contributed by atoms with Gasteiger partial charge in [0.25, 0.3) is 0 Å². The number of hydrogen-bond donors (Lipinski definition) is 1. The van der Waals surface area contributed by atoms with Crippen molar-refractivity contribution in [3.05, 3.63) is 59.7 Å². The van der Waals surface area contributed by atoms with E-state index >= 15 is 0 Å². The van der Waals surface area contributed by atoms with Gasteiger partial charge in [-0.1, -0.05) is 159 Å². The maximum atomic E-state index is 4.21. The fraction of sp³-hybridized carbons (Fsp3) is 0.684. The molecule has 0 unspecified atom stereocenters. The topological polar surface area (TPSA) is 12.0 Å². The Bertz CT molecular complexity index is 823. The zero-order valence-corrected chi connectivity index (χ0v) is 27.3. The van der Waals surface area contributed by atoms with Gasteiger partial charge in [0.2, 0.25) is 0 Å². The lowest BCUT2D eigenvalue weighted by molar-refractivity contribution is 0.422. The van der Waals surface area contributed by atoms with E-state index in [0.29, 0.717) is 6.04 Å². The zero-order valence-electron chi connectivity index (χ0n) is 26.4. The number of aryl methyl sites for hydroxylation is 2. The van der Waals surface area contributed by atoms with Crippen LogP contribution in [0.3, 0.4) is 0 Å². The molecule has 2 heteroatoms. The first-order valence-electron chi connectivity index (χ1n) is 17.5. The van der Waals surface area contributed by atoms with Crippen LogP contribution in [0.15, 0.2) is 48.5 Å². The van der Waals surface area contributed by atoms with Crippen LogP contribution in [0.1, 0.15) is 160 Å². The van der Waals surface area contributed by atoms with Crippen molar-refractivity contribution in [2.24, 2.45) is 0 Å². The fourth-order valence-corrected chi connectivity index (χ4v) is 8.62. The molecule has 1 fully saturated rings. The fourth-order valence-electron chi connectivity index (χ4n) is 6.34. The Morgan fingerprint density at radius 1 is 0.550 bits per heavy atom. The third kappa shape index (κ3) is 13.7. The molecule has 0 atom stereocenters. The number of benzene rings is 2. The Morgan fingerprint density at radius 3 is 1.43 bits per heavy atom. The van der Waals surface area contributed by atoms with Crippen molar-refractivity contribution in [1.29, 1.82) is 0 Å². The van der Waals surface area contributed by atoms with E-state index in [9.17, 15) is 0 Å². The van der Waals surface area contributed by atoms with Crippen LogP contribution in [-0.4, -0.2) is 6.04 Å². The standard InChI is InChI=1S/C38H62NP/c1-3-5-7-9-11-13-15-18-24-34-26-22-30-37(32-34)40(39-36-28-20-17-21-29-36)38-31-23-27-35(33-38)25-19-16-14-12-10-8-6-4-2/h22-23,26-27,30-33,36,39H,3-21,24-25,28-29H2,1-2H3. The Kier molecular flexibility index (Phi) is 17.9. The normalized spacial score (nSPS) is 14.3. The molecule has 0 spiro atoms. The van der Waals surface area contributed by atoms with Crippen LogP contribution < -0.4 is 15.7 Å². The summed E-state index contributed by atoms with van der Waals surface area (Å²) in [6.45, 7) is 4.61. The van der Waals surface area contributed by atoms with E-state index in [2.05, 4.69) is 67.5 Å². The van der Waals surface area contributed by atoms with Crippen LogP contribution in [0.2, 0.25) is 0 Å². The third-order valence-electron chi connectivity index (χ3n) is 8.89. The van der Waals surface area contributed by atoms with Gasteiger partial charge in [-0.15, -0.1) is 0 Å². The number of unbranched alkanes of at least 4 members (excludes halogenated alkanes) is 14. The molecule has 224 valence electrons. The highest BCUT2D eigenvalue weighted by Crippen LogP contribution is 2.33. The second kappa shape index (κ2) is 21.5. The minimum absolute atomic E-state index is 0.517. The molecule has 1 aliphatic rings. The maximum absolute atomic E-state index is 4.21. The minimum Gasteiger partial charge on any atom is -0.285 e. The summed E-state index contributed by atoms with van der Waals surface area (Å²) in [5.74, 6) is 0. The molecule has 0 radical (unpaired) electrons. The van der Waals surface area contributed by atoms with Crippen LogP contribution in [0.4, 0.5) is 0 Å². The van der Waals surface area contributed by atoms with Crippen LogP contribution in [-0.2, 0) is 12.8 Å². The van der Waals surface area contributed by atoms with Gasteiger partial charge in [-0.25, -0.2) is 0 Å². The predicted molar refractivity (Wildman–Crippen MR) is 182 cm³/mol. The molecule has 2 aromatic rings. The summed E-state index contributed by atoms with van der Waals surface area (Å²) in [7, 11) is -0.517. The summed E-state index contributed by atoms with van der Waals surface area (Å²) in [6, 6.07) is 20.0. The number of rotatable bonds is 22. The second-order valence-electron chi connectivity index (χ2n) is 12.6. The summed E-state index contributed by atoms with van der Waals surface area (Å²) >= 11 is 0. The van der Waals surface area contributed by atoms with Crippen molar-refractivity contribution in [3.8, 4) is 0 Å². The van der Waals surface area contributed by atoms with Crippen LogP contribution in [0, 0.1) is 0 Å². The zero-order chi connectivity index (χ0) is 28.1. The van der Waals surface area contributed by atoms with E-state index in [1.54, 1.807) is 0 Å². The largest absolute Gasteiger partial charge is 0.285 e. The lowest BCUT2D eigenvalue weighted by Crippen LogP contribution is -2.33. The Labute approximate surface area is 250 Å². The summed E-state index contributed by atoms with van der Waals surface area (Å²) < 4.78 is 0. The average molecular weight is 564 g/mol. The first-order valence-corrected chi connectivity index (χ1v) is 18.9. The van der Waals surface area contributed by atoms with Crippen LogP contribution >= 0.6 is 8.07 Å². The monoisotopic (exact) mass is 563 g/mol. The van der Waals surface area contributed by atoms with E-state index in [1.807, 2.05) is 0 Å². The van der Waals surface area contributed by atoms with E-state index < -0.39 is 8.07 Å². The van der Waals surface area contributed by atoms with Gasteiger partial charge in [0.15, 0.2) is 0 Å². The molecule has 1 aliphatic carbocycles. The highest BCUT2D eigenvalue weighted by Gasteiger charge is 2.21. The molecule has 0 amide bonds. The summed E-state index contributed by atoms with van der Waals surface area (Å²) in [4.78, 5) is 0. The molecule has 1 N–H and O–H groups in total. The van der Waals surface area contributed by atoms with E-state index in [1.165, 1.54) is 169 Å². The number of hydrogen-bond acceptors (Lipinski definition) is 1. The van der Waals surface area contributed by atoms with Gasteiger partial charge in [0.05, 0.1) is 0 Å². The summed E-state index contributed by atoms with van der Waals surface area (Å²) in [6.07, 6.45) is 31.6. The molecule has 0 aliphatic heterocycles. The first-order chi connectivity index (χ1) is 19.8. The SMILES string of the molecule is CCCCCCCCCCc1cccc(P(NC2CCCCC2)c2cccc(CCCCCCCCCC)c2)c1. The quantitative estimate of drug-likeness (QED) is 0.111. The van der Waals surface area contributed by atoms with Crippen molar-refractivity contribution in [3.63, 3.8) is 0 Å². The Hall–Kier alpha value is -1.17. The highest BCUT2D eigenvalue weighted by molar-refractivity contribution is 7.71. The lowest BCUT2D eigenvalue weighted by Gasteiger charge is -2.29. The van der Waals surface area contributed by atoms with Gasteiger partial charge in [-0.2, -0.15) is 0 Å². The minimum atomic E-state index is -0.517. The van der Waals surface area contributed by atoms with Gasteiger partial charge in [-0.05, 0) is 72.4 Å². The molecular formula is C38H62NP. The first kappa shape index (κ1) is 33.3. The molecule has 40 heavy (non-hydrogen) atoms. The summed E-state index contributed by atoms with van der Waals surface area (Å²) in [5, 5.41) is 7.27. The molecule has 0 bridgehead atoms. The Morgan fingerprint density at radius 2 is 0.975 bits per heavy atom. The molecule has 2 aromatic carbocycles. The summed E-state index contributed by atoms with van der Waals surface area (Å²) in [5.41, 5.74) is 3.08. The molecule has 0 saturated heterocycles. The maximum Gasteiger partial charge on any atom is 0.0256 e. The molecule has 1 nitrogen and oxygen atoms in total. The van der Waals surface area contributed by atoms with Gasteiger partial charge in [0.1, 0.15) is 0 Å². The molecule has 1 saturated carbocycles. The van der Waals surface area contributed by atoms with E-state index in [0.717, 1.165) is 0 Å². The van der Waals surface area contributed by atoms with Crippen LogP contribution in [0.5, 0.6) is 0 Å². The smallest absolute Gasteiger partial charge is 0.0256 e. The lowest BCUT2D eigenvalue weighted by atomic mass is 9.96. The van der Waals surface area contributed by atoms with E-state index in [4.69, 9.17) is 0 Å². The molecule has 3 rings (SSSR count). The van der Waals surface area contributed by atoms with Crippen molar-refractivity contribution in [2.75, 3.05) is 0 Å². The highest BCUT2D eigenvalue weighted by atomic mass is 31.1. The van der Waals surface area contributed by atoms with Gasteiger partial charge >= 0.3 is 0 Å². The van der Waals surface area contributed by atoms with Gasteiger partial charge in [0, 0.05) is 14.1 Å². The van der Waals surface area contributed by atoms with Crippen molar-refractivity contribution >= 4 is 18.7 Å². The number of nitrogens with one attached hydrogen (secondary N) is 1. The average Bonchev–Trinajstić information content (AvgIpc) is 2.99. The molecular weight excluding hydrogens is 501 g/mol. The Balaban J connectivity index is 1.57. The van der Waals surface area contributed by atoms with Crippen LogP contribution in [0.25, 0.3) is 0 Å². The molecule has 0 heterocycles. The third-order valence-corrected chi connectivity index (χ3v) is 11.1.